The predicted molar refractivity (Wildman–Crippen MR) is 111 cm³/mol. The Hall–Kier alpha value is -2.87. The molecule has 1 aliphatic rings. The molecule has 1 aliphatic heterocycles. The van der Waals surface area contributed by atoms with Gasteiger partial charge in [0.05, 0.1) is 5.52 Å². The van der Waals surface area contributed by atoms with Crippen molar-refractivity contribution in [3.05, 3.63) is 48.2 Å². The van der Waals surface area contributed by atoms with Gasteiger partial charge in [-0.15, -0.1) is 0 Å². The maximum atomic E-state index is 14.1. The van der Waals surface area contributed by atoms with E-state index in [0.29, 0.717) is 28.6 Å². The van der Waals surface area contributed by atoms with Crippen molar-refractivity contribution in [3.8, 4) is 11.1 Å². The molecule has 0 atom stereocenters. The van der Waals surface area contributed by atoms with Gasteiger partial charge in [0.1, 0.15) is 5.67 Å². The van der Waals surface area contributed by atoms with Crippen LogP contribution in [-0.4, -0.2) is 57.3 Å². The topological polar surface area (TPSA) is 73.9 Å². The number of piperidine rings is 1. The second-order valence-corrected chi connectivity index (χ2v) is 8.42. The van der Waals surface area contributed by atoms with Crippen LogP contribution in [-0.2, 0) is 0 Å². The van der Waals surface area contributed by atoms with Crippen molar-refractivity contribution < 1.29 is 13.6 Å². The summed E-state index contributed by atoms with van der Waals surface area (Å²) in [6.07, 6.45) is 2.92. The molecular weight excluding hydrogens is 388 g/mol. The van der Waals surface area contributed by atoms with Crippen LogP contribution in [0.15, 0.2) is 36.5 Å². The highest BCUT2D eigenvalue weighted by Crippen LogP contribution is 2.27. The molecule has 0 saturated carbocycles. The quantitative estimate of drug-likeness (QED) is 0.626. The predicted octanol–water partition coefficient (Wildman–Crippen LogP) is 3.71. The molecule has 2 aromatic heterocycles. The third kappa shape index (κ3) is 4.48. The van der Waals surface area contributed by atoms with Crippen LogP contribution in [0.3, 0.4) is 0 Å². The molecule has 8 heteroatoms. The average molecular weight is 413 g/mol. The number of fused-ring (bicyclic) bond motifs is 1. The van der Waals surface area contributed by atoms with Crippen molar-refractivity contribution in [1.82, 2.24) is 25.4 Å². The van der Waals surface area contributed by atoms with Crippen LogP contribution in [0.4, 0.5) is 8.78 Å². The number of aromatic amines is 1. The van der Waals surface area contributed by atoms with E-state index in [2.05, 4.69) is 25.4 Å². The van der Waals surface area contributed by atoms with Gasteiger partial charge in [0.25, 0.3) is 5.91 Å². The number of nitrogens with one attached hydrogen (secondary N) is 2. The molecule has 1 fully saturated rings. The molecule has 0 bridgehead atoms. The van der Waals surface area contributed by atoms with Crippen molar-refractivity contribution in [3.63, 3.8) is 0 Å². The van der Waals surface area contributed by atoms with E-state index >= 15 is 0 Å². The van der Waals surface area contributed by atoms with Crippen LogP contribution in [0, 0.1) is 5.95 Å². The van der Waals surface area contributed by atoms with Gasteiger partial charge < -0.3 is 10.2 Å². The van der Waals surface area contributed by atoms with E-state index in [0.717, 1.165) is 25.9 Å². The fourth-order valence-corrected chi connectivity index (χ4v) is 3.98. The van der Waals surface area contributed by atoms with Crippen LogP contribution >= 0.6 is 0 Å². The molecule has 0 radical (unpaired) electrons. The Morgan fingerprint density at radius 3 is 2.77 bits per heavy atom. The Labute approximate surface area is 173 Å². The zero-order valence-electron chi connectivity index (χ0n) is 17.1. The molecular formula is C22H25F2N5O. The molecule has 0 aliphatic carbocycles. The molecule has 1 aromatic carbocycles. The molecule has 1 amide bonds. The standard InChI is InChI=1S/C22H25F2N5O/c1-22(2,24)13-29-10-7-15(8-11-29)26-21(30)19-17-12-14(5-6-18(17)27-28-19)16-4-3-9-25-20(16)23/h3-6,9,12,15H,7-8,10-11,13H2,1-2H3,(H,26,30)(H,27,28). The van der Waals surface area contributed by atoms with E-state index in [9.17, 15) is 13.6 Å². The van der Waals surface area contributed by atoms with Gasteiger partial charge >= 0.3 is 0 Å². The number of benzene rings is 1. The van der Waals surface area contributed by atoms with Crippen molar-refractivity contribution >= 4 is 16.8 Å². The van der Waals surface area contributed by atoms with Crippen LogP contribution < -0.4 is 5.32 Å². The van der Waals surface area contributed by atoms with Gasteiger partial charge in [0.2, 0.25) is 5.95 Å². The zero-order valence-corrected chi connectivity index (χ0v) is 17.1. The number of alkyl halides is 1. The number of nitrogens with zero attached hydrogens (tertiary/aromatic N) is 3. The lowest BCUT2D eigenvalue weighted by Crippen LogP contribution is -2.47. The van der Waals surface area contributed by atoms with Crippen LogP contribution in [0.5, 0.6) is 0 Å². The fourth-order valence-electron chi connectivity index (χ4n) is 3.98. The van der Waals surface area contributed by atoms with Gasteiger partial charge in [-0.05, 0) is 56.5 Å². The lowest BCUT2D eigenvalue weighted by molar-refractivity contribution is 0.0844. The van der Waals surface area contributed by atoms with Gasteiger partial charge in [-0.2, -0.15) is 9.49 Å². The number of aromatic nitrogens is 3. The fraction of sp³-hybridized carbons (Fsp3) is 0.409. The lowest BCUT2D eigenvalue weighted by Gasteiger charge is -2.34. The maximum Gasteiger partial charge on any atom is 0.272 e. The number of halogens is 2. The van der Waals surface area contributed by atoms with Gasteiger partial charge in [0.15, 0.2) is 5.69 Å². The molecule has 0 spiro atoms. The molecule has 3 aromatic rings. The third-order valence-corrected chi connectivity index (χ3v) is 5.37. The second-order valence-electron chi connectivity index (χ2n) is 8.42. The van der Waals surface area contributed by atoms with Gasteiger partial charge in [-0.3, -0.25) is 9.89 Å². The summed E-state index contributed by atoms with van der Waals surface area (Å²) in [6, 6.07) is 8.63. The molecule has 0 unspecified atom stereocenters. The lowest BCUT2D eigenvalue weighted by atomic mass is 10.0. The zero-order chi connectivity index (χ0) is 21.3. The summed E-state index contributed by atoms with van der Waals surface area (Å²) < 4.78 is 27.9. The third-order valence-electron chi connectivity index (χ3n) is 5.37. The van der Waals surface area contributed by atoms with Crippen molar-refractivity contribution in [2.24, 2.45) is 0 Å². The van der Waals surface area contributed by atoms with Crippen LogP contribution in [0.25, 0.3) is 22.0 Å². The summed E-state index contributed by atoms with van der Waals surface area (Å²) in [7, 11) is 0. The summed E-state index contributed by atoms with van der Waals surface area (Å²) in [5, 5.41) is 10.7. The molecule has 2 N–H and O–H groups in total. The first-order chi connectivity index (χ1) is 14.3. The largest absolute Gasteiger partial charge is 0.348 e. The van der Waals surface area contributed by atoms with Gasteiger partial charge in [0, 0.05) is 42.8 Å². The summed E-state index contributed by atoms with van der Waals surface area (Å²) in [6.45, 7) is 5.03. The van der Waals surface area contributed by atoms with E-state index < -0.39 is 11.6 Å². The number of pyridine rings is 1. The van der Waals surface area contributed by atoms with E-state index in [1.54, 1.807) is 44.2 Å². The molecule has 1 saturated heterocycles. The Kier molecular flexibility index (Phi) is 5.51. The van der Waals surface area contributed by atoms with Crippen molar-refractivity contribution in [2.45, 2.75) is 38.4 Å². The van der Waals surface area contributed by atoms with E-state index in [1.807, 2.05) is 0 Å². The molecule has 6 nitrogen and oxygen atoms in total. The Morgan fingerprint density at radius 1 is 1.30 bits per heavy atom. The first kappa shape index (κ1) is 20.4. The Morgan fingerprint density at radius 2 is 2.07 bits per heavy atom. The molecule has 30 heavy (non-hydrogen) atoms. The summed E-state index contributed by atoms with van der Waals surface area (Å²) in [5.41, 5.74) is 0.757. The number of likely N-dealkylation sites (tertiary alicyclic amines) is 1. The number of amides is 1. The number of carbonyl (C=O) groups is 1. The van der Waals surface area contributed by atoms with Gasteiger partial charge in [-0.1, -0.05) is 6.07 Å². The maximum absolute atomic E-state index is 14.1. The minimum atomic E-state index is -1.23. The SMILES string of the molecule is CC(C)(F)CN1CCC(NC(=O)c2n[nH]c3ccc(-c4cccnc4F)cc23)CC1. The number of hydrogen-bond donors (Lipinski definition) is 2. The minimum absolute atomic E-state index is 0.0159. The summed E-state index contributed by atoms with van der Waals surface area (Å²) in [4.78, 5) is 18.6. The number of H-pyrrole nitrogens is 1. The molecule has 4 rings (SSSR count). The van der Waals surface area contributed by atoms with E-state index in [-0.39, 0.29) is 17.6 Å². The first-order valence-electron chi connectivity index (χ1n) is 10.1. The first-order valence-corrected chi connectivity index (χ1v) is 10.1. The number of carbonyl (C=O) groups excluding carboxylic acids is 1. The minimum Gasteiger partial charge on any atom is -0.348 e. The van der Waals surface area contributed by atoms with Crippen molar-refractivity contribution in [2.75, 3.05) is 19.6 Å². The highest BCUT2D eigenvalue weighted by molar-refractivity contribution is 6.05. The monoisotopic (exact) mass is 413 g/mol. The highest BCUT2D eigenvalue weighted by Gasteiger charge is 2.27. The summed E-state index contributed by atoms with van der Waals surface area (Å²) in [5.74, 6) is -0.830. The molecule has 3 heterocycles. The van der Waals surface area contributed by atoms with Gasteiger partial charge in [-0.25, -0.2) is 9.37 Å². The van der Waals surface area contributed by atoms with Crippen molar-refractivity contribution in [1.29, 1.82) is 0 Å². The number of rotatable bonds is 5. The highest BCUT2D eigenvalue weighted by atomic mass is 19.1. The second kappa shape index (κ2) is 8.10. The number of hydrogen-bond acceptors (Lipinski definition) is 4. The van der Waals surface area contributed by atoms with Crippen LogP contribution in [0.2, 0.25) is 0 Å². The van der Waals surface area contributed by atoms with E-state index in [1.165, 1.54) is 6.20 Å². The smallest absolute Gasteiger partial charge is 0.272 e. The molecule has 158 valence electrons. The van der Waals surface area contributed by atoms with E-state index in [4.69, 9.17) is 0 Å². The normalized spacial score (nSPS) is 16.1. The Balaban J connectivity index is 1.48. The van der Waals surface area contributed by atoms with Crippen LogP contribution in [0.1, 0.15) is 37.2 Å². The Bertz CT molecular complexity index is 1050. The average Bonchev–Trinajstić information content (AvgIpc) is 3.12. The summed E-state index contributed by atoms with van der Waals surface area (Å²) >= 11 is 0.